The first-order valence-electron chi connectivity index (χ1n) is 11.1. The van der Waals surface area contributed by atoms with Crippen molar-refractivity contribution >= 4 is 11.8 Å². The number of amides is 2. The van der Waals surface area contributed by atoms with E-state index in [2.05, 4.69) is 15.2 Å². The van der Waals surface area contributed by atoms with Crippen LogP contribution < -0.4 is 14.8 Å². The zero-order chi connectivity index (χ0) is 19.8. The van der Waals surface area contributed by atoms with Crippen LogP contribution in [0.25, 0.3) is 0 Å². The predicted molar refractivity (Wildman–Crippen MR) is 106 cm³/mol. The number of nitrogens with zero attached hydrogens (tertiary/aromatic N) is 2. The van der Waals surface area contributed by atoms with Gasteiger partial charge in [0.15, 0.2) is 5.75 Å². The molecule has 3 unspecified atom stereocenters. The molecule has 0 bridgehead atoms. The Kier molecular flexibility index (Phi) is 5.06. The molecular weight excluding hydrogens is 370 g/mol. The summed E-state index contributed by atoms with van der Waals surface area (Å²) in [5.41, 5.74) is 0.355. The molecule has 3 atom stereocenters. The summed E-state index contributed by atoms with van der Waals surface area (Å²) >= 11 is 0. The third-order valence-corrected chi connectivity index (χ3v) is 7.07. The third-order valence-electron chi connectivity index (χ3n) is 7.07. The minimum Gasteiger partial charge on any atom is -0.484 e. The summed E-state index contributed by atoms with van der Waals surface area (Å²) in [7, 11) is 0. The van der Waals surface area contributed by atoms with Gasteiger partial charge in [-0.25, -0.2) is 4.98 Å². The molecule has 2 saturated carbocycles. The van der Waals surface area contributed by atoms with E-state index in [9.17, 15) is 9.59 Å². The molecule has 1 saturated heterocycles. The van der Waals surface area contributed by atoms with Gasteiger partial charge in [0.2, 0.25) is 5.91 Å². The molecule has 0 radical (unpaired) electrons. The molecule has 1 N–H and O–H groups in total. The van der Waals surface area contributed by atoms with E-state index in [1.165, 1.54) is 12.8 Å². The van der Waals surface area contributed by atoms with Crippen LogP contribution in [0.5, 0.6) is 11.6 Å². The molecular formula is C22H29N3O4. The highest BCUT2D eigenvalue weighted by molar-refractivity contribution is 5.92. The van der Waals surface area contributed by atoms with Crippen molar-refractivity contribution in [2.45, 2.75) is 51.0 Å². The Labute approximate surface area is 171 Å². The maximum absolute atomic E-state index is 12.9. The summed E-state index contributed by atoms with van der Waals surface area (Å²) in [5.74, 6) is 2.21. The van der Waals surface area contributed by atoms with Crippen molar-refractivity contribution in [1.29, 1.82) is 0 Å². The second-order valence-electron chi connectivity index (χ2n) is 8.86. The standard InChI is InChI=1S/C22H29N3O4/c26-20(18-8-9-19-21(24-18)29-11-10-28-19)23-17-7-3-6-15-12-25(13-16(15)17)22(27)14-4-1-2-5-14/h8-9,14-17H,1-7,10-13H2,(H,23,26). The Bertz CT molecular complexity index is 792. The molecule has 3 fully saturated rings. The maximum Gasteiger partial charge on any atom is 0.270 e. The summed E-state index contributed by atoms with van der Waals surface area (Å²) < 4.78 is 11.0. The topological polar surface area (TPSA) is 80.8 Å². The number of pyridine rings is 1. The maximum atomic E-state index is 12.9. The lowest BCUT2D eigenvalue weighted by atomic mass is 9.78. The largest absolute Gasteiger partial charge is 0.484 e. The van der Waals surface area contributed by atoms with E-state index < -0.39 is 0 Å². The minimum atomic E-state index is -0.173. The minimum absolute atomic E-state index is 0.0950. The highest BCUT2D eigenvalue weighted by Gasteiger charge is 2.43. The van der Waals surface area contributed by atoms with Crippen molar-refractivity contribution in [3.8, 4) is 11.6 Å². The first kappa shape index (κ1) is 18.7. The zero-order valence-electron chi connectivity index (χ0n) is 16.8. The van der Waals surface area contributed by atoms with Crippen LogP contribution in [0.2, 0.25) is 0 Å². The lowest BCUT2D eigenvalue weighted by Crippen LogP contribution is -2.45. The normalized spacial score (nSPS) is 28.8. The van der Waals surface area contributed by atoms with Crippen molar-refractivity contribution in [3.05, 3.63) is 17.8 Å². The van der Waals surface area contributed by atoms with Gasteiger partial charge in [-0.1, -0.05) is 19.3 Å². The van der Waals surface area contributed by atoms with Gasteiger partial charge in [-0.3, -0.25) is 9.59 Å². The molecule has 0 aromatic carbocycles. The number of ether oxygens (including phenoxy) is 2. The van der Waals surface area contributed by atoms with Crippen LogP contribution in [-0.4, -0.2) is 54.0 Å². The van der Waals surface area contributed by atoms with Crippen LogP contribution in [0, 0.1) is 17.8 Å². The van der Waals surface area contributed by atoms with E-state index in [4.69, 9.17) is 9.47 Å². The van der Waals surface area contributed by atoms with Gasteiger partial charge in [-0.05, 0) is 43.7 Å². The van der Waals surface area contributed by atoms with Gasteiger partial charge in [0, 0.05) is 31.0 Å². The van der Waals surface area contributed by atoms with Crippen molar-refractivity contribution in [3.63, 3.8) is 0 Å². The third kappa shape index (κ3) is 3.67. The summed E-state index contributed by atoms with van der Waals surface area (Å²) in [4.78, 5) is 32.2. The monoisotopic (exact) mass is 399 g/mol. The number of hydrogen-bond donors (Lipinski definition) is 1. The first-order valence-corrected chi connectivity index (χ1v) is 11.1. The molecule has 5 rings (SSSR count). The Morgan fingerprint density at radius 1 is 1.00 bits per heavy atom. The molecule has 1 aromatic rings. The molecule has 3 heterocycles. The van der Waals surface area contributed by atoms with Crippen LogP contribution >= 0.6 is 0 Å². The Morgan fingerprint density at radius 2 is 1.83 bits per heavy atom. The number of carbonyl (C=O) groups excluding carboxylic acids is 2. The smallest absolute Gasteiger partial charge is 0.270 e. The number of rotatable bonds is 3. The number of nitrogens with one attached hydrogen (secondary N) is 1. The summed E-state index contributed by atoms with van der Waals surface area (Å²) in [6.45, 7) is 2.58. The van der Waals surface area contributed by atoms with E-state index in [1.54, 1.807) is 12.1 Å². The number of fused-ring (bicyclic) bond motifs is 2. The van der Waals surface area contributed by atoms with Crippen LogP contribution in [0.1, 0.15) is 55.4 Å². The molecule has 2 amide bonds. The molecule has 29 heavy (non-hydrogen) atoms. The van der Waals surface area contributed by atoms with E-state index in [-0.39, 0.29) is 17.9 Å². The Balaban J connectivity index is 1.25. The predicted octanol–water partition coefficient (Wildman–Crippen LogP) is 2.40. The summed E-state index contributed by atoms with van der Waals surface area (Å²) in [5, 5.41) is 3.21. The van der Waals surface area contributed by atoms with Gasteiger partial charge in [0.25, 0.3) is 11.8 Å². The highest BCUT2D eigenvalue weighted by atomic mass is 16.6. The van der Waals surface area contributed by atoms with Crippen LogP contribution in [0.4, 0.5) is 0 Å². The zero-order valence-corrected chi connectivity index (χ0v) is 16.8. The molecule has 2 aliphatic heterocycles. The fourth-order valence-corrected chi connectivity index (χ4v) is 5.56. The van der Waals surface area contributed by atoms with Gasteiger partial charge < -0.3 is 19.7 Å². The van der Waals surface area contributed by atoms with Crippen molar-refractivity contribution < 1.29 is 19.1 Å². The van der Waals surface area contributed by atoms with Crippen LogP contribution in [-0.2, 0) is 4.79 Å². The molecule has 0 spiro atoms. The second kappa shape index (κ2) is 7.84. The van der Waals surface area contributed by atoms with Crippen molar-refractivity contribution in [1.82, 2.24) is 15.2 Å². The van der Waals surface area contributed by atoms with E-state index >= 15 is 0 Å². The number of carbonyl (C=O) groups is 2. The lowest BCUT2D eigenvalue weighted by Gasteiger charge is -2.33. The fourth-order valence-electron chi connectivity index (χ4n) is 5.56. The molecule has 1 aromatic heterocycles. The quantitative estimate of drug-likeness (QED) is 0.844. The Hall–Kier alpha value is -2.31. The Morgan fingerprint density at radius 3 is 2.69 bits per heavy atom. The average Bonchev–Trinajstić information content (AvgIpc) is 3.43. The molecule has 7 nitrogen and oxygen atoms in total. The fraction of sp³-hybridized carbons (Fsp3) is 0.682. The molecule has 4 aliphatic rings. The van der Waals surface area contributed by atoms with Gasteiger partial charge >= 0.3 is 0 Å². The van der Waals surface area contributed by atoms with E-state index in [0.717, 1.165) is 45.2 Å². The van der Waals surface area contributed by atoms with Gasteiger partial charge in [0.1, 0.15) is 18.9 Å². The van der Waals surface area contributed by atoms with Gasteiger partial charge in [-0.15, -0.1) is 0 Å². The lowest BCUT2D eigenvalue weighted by molar-refractivity contribution is -0.134. The SMILES string of the molecule is O=C(NC1CCCC2CN(C(=O)C3CCCC3)CC21)c1ccc2c(n1)OCCO2. The van der Waals surface area contributed by atoms with Gasteiger partial charge in [-0.2, -0.15) is 0 Å². The van der Waals surface area contributed by atoms with Crippen molar-refractivity contribution in [2.75, 3.05) is 26.3 Å². The van der Waals surface area contributed by atoms with Crippen molar-refractivity contribution in [2.24, 2.45) is 17.8 Å². The summed E-state index contributed by atoms with van der Waals surface area (Å²) in [6.07, 6.45) is 7.64. The number of aromatic nitrogens is 1. The first-order chi connectivity index (χ1) is 14.2. The number of likely N-dealkylation sites (tertiary alicyclic amines) is 1. The molecule has 2 aliphatic carbocycles. The summed E-state index contributed by atoms with van der Waals surface area (Å²) in [6, 6.07) is 3.53. The second-order valence-corrected chi connectivity index (χ2v) is 8.86. The molecule has 156 valence electrons. The van der Waals surface area contributed by atoms with Crippen LogP contribution in [0.3, 0.4) is 0 Å². The highest BCUT2D eigenvalue weighted by Crippen LogP contribution is 2.38. The van der Waals surface area contributed by atoms with E-state index in [0.29, 0.717) is 48.3 Å². The average molecular weight is 399 g/mol. The molecule has 7 heteroatoms. The van der Waals surface area contributed by atoms with E-state index in [1.807, 2.05) is 0 Å². The van der Waals surface area contributed by atoms with Crippen LogP contribution in [0.15, 0.2) is 12.1 Å². The van der Waals surface area contributed by atoms with Gasteiger partial charge in [0.05, 0.1) is 0 Å². The number of hydrogen-bond acceptors (Lipinski definition) is 5.